The third-order valence-electron chi connectivity index (χ3n) is 1.62. The van der Waals surface area contributed by atoms with Gasteiger partial charge in [-0.3, -0.25) is 0 Å². The van der Waals surface area contributed by atoms with Crippen molar-refractivity contribution in [1.29, 1.82) is 0 Å². The van der Waals surface area contributed by atoms with Gasteiger partial charge in [0.1, 0.15) is 0 Å². The van der Waals surface area contributed by atoms with Crippen LogP contribution in [0, 0.1) is 6.92 Å². The lowest BCUT2D eigenvalue weighted by atomic mass is 10.1. The number of benzene rings is 1. The van der Waals surface area contributed by atoms with Gasteiger partial charge in [0.25, 0.3) is 0 Å². The van der Waals surface area contributed by atoms with Crippen LogP contribution in [-0.2, 0) is 4.74 Å². The van der Waals surface area contributed by atoms with Gasteiger partial charge in [-0.05, 0) is 36.3 Å². The molecular weight excluding hydrogens is 251 g/mol. The Kier molecular flexibility index (Phi) is 5.84. The highest BCUT2D eigenvalue weighted by atomic mass is 79.9. The lowest BCUT2D eigenvalue weighted by Crippen LogP contribution is -1.79. The van der Waals surface area contributed by atoms with Crippen LogP contribution in [0.25, 0.3) is 6.08 Å². The van der Waals surface area contributed by atoms with Gasteiger partial charge < -0.3 is 4.74 Å². The van der Waals surface area contributed by atoms with Crippen molar-refractivity contribution in [2.24, 2.45) is 0 Å². The van der Waals surface area contributed by atoms with E-state index >= 15 is 0 Å². The molecule has 0 unspecified atom stereocenters. The molecule has 0 saturated heterocycles. The van der Waals surface area contributed by atoms with E-state index < -0.39 is 0 Å². The van der Waals surface area contributed by atoms with E-state index in [1.165, 1.54) is 11.1 Å². The molecule has 72 valence electrons. The Morgan fingerprint density at radius 2 is 2.08 bits per heavy atom. The smallest absolute Gasteiger partial charge is 0.0830 e. The van der Waals surface area contributed by atoms with Crippen molar-refractivity contribution in [3.63, 3.8) is 0 Å². The first-order valence-electron chi connectivity index (χ1n) is 3.69. The van der Waals surface area contributed by atoms with E-state index in [4.69, 9.17) is 4.74 Å². The molecule has 13 heavy (non-hydrogen) atoms. The molecule has 0 spiro atoms. The molecule has 0 aliphatic carbocycles. The highest BCUT2D eigenvalue weighted by molar-refractivity contribution is 9.10. The molecule has 1 aromatic rings. The van der Waals surface area contributed by atoms with Gasteiger partial charge in [-0.15, -0.1) is 12.4 Å². The molecular formula is C10H12BrClO. The van der Waals surface area contributed by atoms with Gasteiger partial charge >= 0.3 is 0 Å². The zero-order valence-corrected chi connectivity index (χ0v) is 9.98. The number of ether oxygens (including phenoxy) is 1. The van der Waals surface area contributed by atoms with E-state index in [1.54, 1.807) is 13.4 Å². The summed E-state index contributed by atoms with van der Waals surface area (Å²) in [7, 11) is 1.64. The summed E-state index contributed by atoms with van der Waals surface area (Å²) in [5.41, 5.74) is 2.41. The van der Waals surface area contributed by atoms with Gasteiger partial charge in [-0.25, -0.2) is 0 Å². The fourth-order valence-corrected chi connectivity index (χ4v) is 1.31. The van der Waals surface area contributed by atoms with Crippen LogP contribution in [0.5, 0.6) is 0 Å². The Morgan fingerprint density at radius 1 is 1.38 bits per heavy atom. The quantitative estimate of drug-likeness (QED) is 0.738. The zero-order valence-electron chi connectivity index (χ0n) is 7.58. The second-order valence-corrected chi connectivity index (χ2v) is 3.46. The summed E-state index contributed by atoms with van der Waals surface area (Å²) in [5, 5.41) is 0. The molecule has 0 atom stereocenters. The van der Waals surface area contributed by atoms with Gasteiger partial charge in [-0.1, -0.05) is 22.0 Å². The topological polar surface area (TPSA) is 9.23 Å². The highest BCUT2D eigenvalue weighted by Crippen LogP contribution is 2.16. The van der Waals surface area contributed by atoms with E-state index in [0.717, 1.165) is 4.47 Å². The molecule has 1 aromatic carbocycles. The first-order chi connectivity index (χ1) is 5.74. The molecule has 1 nitrogen and oxygen atoms in total. The van der Waals surface area contributed by atoms with Crippen LogP contribution in [-0.4, -0.2) is 7.11 Å². The van der Waals surface area contributed by atoms with E-state index in [2.05, 4.69) is 35.0 Å². The summed E-state index contributed by atoms with van der Waals surface area (Å²) in [5.74, 6) is 0. The predicted molar refractivity (Wildman–Crippen MR) is 62.2 cm³/mol. The average Bonchev–Trinajstić information content (AvgIpc) is 2.07. The van der Waals surface area contributed by atoms with Crippen molar-refractivity contribution in [3.8, 4) is 0 Å². The number of aryl methyl sites for hydroxylation is 1. The Morgan fingerprint density at radius 3 is 2.69 bits per heavy atom. The van der Waals surface area contributed by atoms with Gasteiger partial charge in [0.05, 0.1) is 13.4 Å². The van der Waals surface area contributed by atoms with E-state index in [1.807, 2.05) is 12.1 Å². The van der Waals surface area contributed by atoms with Crippen molar-refractivity contribution in [2.75, 3.05) is 7.11 Å². The van der Waals surface area contributed by atoms with Crippen LogP contribution >= 0.6 is 28.3 Å². The fraction of sp³-hybridized carbons (Fsp3) is 0.200. The van der Waals surface area contributed by atoms with Gasteiger partial charge in [0, 0.05) is 4.47 Å². The predicted octanol–water partition coefficient (Wildman–Crippen LogP) is 3.80. The monoisotopic (exact) mass is 262 g/mol. The van der Waals surface area contributed by atoms with Crippen LogP contribution < -0.4 is 0 Å². The maximum Gasteiger partial charge on any atom is 0.0830 e. The van der Waals surface area contributed by atoms with E-state index in [0.29, 0.717) is 0 Å². The first kappa shape index (κ1) is 12.5. The SMILES string of the molecule is COC=Cc1cc(Br)ccc1C.Cl. The van der Waals surface area contributed by atoms with Crippen LogP contribution in [0.4, 0.5) is 0 Å². The molecule has 0 N–H and O–H groups in total. The molecule has 0 heterocycles. The van der Waals surface area contributed by atoms with Crippen molar-refractivity contribution in [3.05, 3.63) is 40.1 Å². The number of rotatable bonds is 2. The molecule has 0 amide bonds. The molecule has 0 aromatic heterocycles. The number of halogens is 2. The van der Waals surface area contributed by atoms with Crippen LogP contribution in [0.15, 0.2) is 28.9 Å². The minimum Gasteiger partial charge on any atom is -0.504 e. The van der Waals surface area contributed by atoms with Gasteiger partial charge in [0.2, 0.25) is 0 Å². The van der Waals surface area contributed by atoms with Crippen molar-refractivity contribution >= 4 is 34.4 Å². The Labute approximate surface area is 93.3 Å². The molecule has 0 fully saturated rings. The molecule has 0 aliphatic rings. The summed E-state index contributed by atoms with van der Waals surface area (Å²) in [6.07, 6.45) is 3.62. The second-order valence-electron chi connectivity index (χ2n) is 2.54. The number of hydrogen-bond acceptors (Lipinski definition) is 1. The summed E-state index contributed by atoms with van der Waals surface area (Å²) in [4.78, 5) is 0. The Hall–Kier alpha value is -0.470. The molecule has 0 aliphatic heterocycles. The lowest BCUT2D eigenvalue weighted by molar-refractivity contribution is 0.341. The maximum atomic E-state index is 4.84. The van der Waals surface area contributed by atoms with Crippen LogP contribution in [0.2, 0.25) is 0 Å². The highest BCUT2D eigenvalue weighted by Gasteiger charge is 1.94. The molecule has 0 bridgehead atoms. The summed E-state index contributed by atoms with van der Waals surface area (Å²) in [6.45, 7) is 2.07. The third kappa shape index (κ3) is 3.83. The van der Waals surface area contributed by atoms with Gasteiger partial charge in [-0.2, -0.15) is 0 Å². The third-order valence-corrected chi connectivity index (χ3v) is 2.12. The molecule has 0 saturated carbocycles. The minimum absolute atomic E-state index is 0. The van der Waals surface area contributed by atoms with Crippen LogP contribution in [0.3, 0.4) is 0 Å². The summed E-state index contributed by atoms with van der Waals surface area (Å²) >= 11 is 3.41. The Balaban J connectivity index is 0.00000144. The standard InChI is InChI=1S/C10H11BrO.ClH/c1-8-3-4-10(11)7-9(8)5-6-12-2;/h3-7H,1-2H3;1H. The zero-order chi connectivity index (χ0) is 8.97. The van der Waals surface area contributed by atoms with Crippen molar-refractivity contribution in [1.82, 2.24) is 0 Å². The summed E-state index contributed by atoms with van der Waals surface area (Å²) < 4.78 is 5.93. The maximum absolute atomic E-state index is 4.84. The average molecular weight is 264 g/mol. The van der Waals surface area contributed by atoms with Crippen LogP contribution in [0.1, 0.15) is 11.1 Å². The van der Waals surface area contributed by atoms with Crippen molar-refractivity contribution in [2.45, 2.75) is 6.92 Å². The Bertz CT molecular complexity index is 297. The summed E-state index contributed by atoms with van der Waals surface area (Å²) in [6, 6.07) is 6.16. The fourth-order valence-electron chi connectivity index (χ4n) is 0.932. The normalized spacial score (nSPS) is 9.77. The van der Waals surface area contributed by atoms with Gasteiger partial charge in [0.15, 0.2) is 0 Å². The second kappa shape index (κ2) is 6.06. The van der Waals surface area contributed by atoms with E-state index in [-0.39, 0.29) is 12.4 Å². The molecule has 3 heteroatoms. The largest absolute Gasteiger partial charge is 0.504 e. The molecule has 0 radical (unpaired) electrons. The first-order valence-corrected chi connectivity index (χ1v) is 4.49. The molecule has 1 rings (SSSR count). The number of methoxy groups -OCH3 is 1. The van der Waals surface area contributed by atoms with E-state index in [9.17, 15) is 0 Å². The number of hydrogen-bond donors (Lipinski definition) is 0. The lowest BCUT2D eigenvalue weighted by Gasteiger charge is -1.99. The minimum atomic E-state index is 0. The van der Waals surface area contributed by atoms with Crippen molar-refractivity contribution < 1.29 is 4.74 Å².